The minimum Gasteiger partial charge on any atom is -0.397 e. The Balaban J connectivity index is 2.05. The molecule has 0 saturated heterocycles. The van der Waals surface area contributed by atoms with Crippen LogP contribution >= 0.6 is 11.6 Å². The van der Waals surface area contributed by atoms with Crippen molar-refractivity contribution in [3.63, 3.8) is 0 Å². The van der Waals surface area contributed by atoms with E-state index in [0.29, 0.717) is 16.8 Å². The lowest BCUT2D eigenvalue weighted by Crippen LogP contribution is -2.39. The van der Waals surface area contributed by atoms with Crippen LogP contribution in [-0.4, -0.2) is 17.3 Å². The lowest BCUT2D eigenvalue weighted by Gasteiger charge is -2.33. The lowest BCUT2D eigenvalue weighted by molar-refractivity contribution is 0.0837. The van der Waals surface area contributed by atoms with E-state index in [2.05, 4.69) is 5.32 Å². The highest BCUT2D eigenvalue weighted by atomic mass is 35.5. The minimum absolute atomic E-state index is 0.159. The summed E-state index contributed by atoms with van der Waals surface area (Å²) >= 11 is 5.85. The molecule has 1 aliphatic rings. The summed E-state index contributed by atoms with van der Waals surface area (Å²) in [6.45, 7) is 0. The number of aliphatic hydroxyl groups excluding tert-OH is 1. The van der Waals surface area contributed by atoms with Crippen molar-refractivity contribution in [3.05, 3.63) is 23.2 Å². The molecule has 0 aromatic heterocycles. The van der Waals surface area contributed by atoms with Gasteiger partial charge in [-0.25, -0.2) is 0 Å². The van der Waals surface area contributed by atoms with Crippen molar-refractivity contribution in [1.29, 1.82) is 0 Å². The van der Waals surface area contributed by atoms with Crippen LogP contribution in [0, 0.1) is 0 Å². The predicted molar refractivity (Wildman–Crippen MR) is 58.5 cm³/mol. The highest BCUT2D eigenvalue weighted by Gasteiger charge is 2.27. The maximum Gasteiger partial charge on any atom is 0.0591 e. The number of hydrogen-bond donors (Lipinski definition) is 3. The quantitative estimate of drug-likeness (QED) is 0.656. The first-order chi connectivity index (χ1) is 6.65. The first kappa shape index (κ1) is 9.62. The molecule has 0 amide bonds. The Bertz CT molecular complexity index is 337. The number of nitrogen functional groups attached to an aromatic ring is 1. The topological polar surface area (TPSA) is 58.3 Å². The van der Waals surface area contributed by atoms with Gasteiger partial charge in [0.1, 0.15) is 0 Å². The third-order valence-electron chi connectivity index (χ3n) is 2.49. The second-order valence-corrected chi connectivity index (χ2v) is 4.13. The molecule has 0 aliphatic heterocycles. The Kier molecular flexibility index (Phi) is 2.52. The molecule has 3 nitrogen and oxygen atoms in total. The molecule has 4 heteroatoms. The van der Waals surface area contributed by atoms with Gasteiger partial charge in [-0.3, -0.25) is 0 Å². The SMILES string of the molecule is Nc1ccc(Cl)cc1NC1CC(O)C1. The smallest absolute Gasteiger partial charge is 0.0591 e. The van der Waals surface area contributed by atoms with Gasteiger partial charge in [-0.05, 0) is 31.0 Å². The molecule has 1 aromatic rings. The van der Waals surface area contributed by atoms with Crippen LogP contribution in [0.5, 0.6) is 0 Å². The van der Waals surface area contributed by atoms with Crippen molar-refractivity contribution >= 4 is 23.0 Å². The van der Waals surface area contributed by atoms with Crippen molar-refractivity contribution in [1.82, 2.24) is 0 Å². The number of nitrogens with one attached hydrogen (secondary N) is 1. The summed E-state index contributed by atoms with van der Waals surface area (Å²) < 4.78 is 0. The highest BCUT2D eigenvalue weighted by Crippen LogP contribution is 2.28. The van der Waals surface area contributed by atoms with E-state index in [1.54, 1.807) is 12.1 Å². The molecule has 0 radical (unpaired) electrons. The Labute approximate surface area is 87.9 Å². The maximum atomic E-state index is 9.12. The molecular weight excluding hydrogens is 200 g/mol. The lowest BCUT2D eigenvalue weighted by atomic mass is 9.89. The number of hydrogen-bond acceptors (Lipinski definition) is 3. The molecule has 1 fully saturated rings. The molecule has 2 rings (SSSR count). The van der Waals surface area contributed by atoms with Crippen LogP contribution in [0.4, 0.5) is 11.4 Å². The first-order valence-corrected chi connectivity index (χ1v) is 5.02. The zero-order valence-corrected chi connectivity index (χ0v) is 8.46. The van der Waals surface area contributed by atoms with E-state index in [0.717, 1.165) is 18.5 Å². The van der Waals surface area contributed by atoms with Crippen LogP contribution in [0.3, 0.4) is 0 Å². The third kappa shape index (κ3) is 1.94. The van der Waals surface area contributed by atoms with Crippen molar-refractivity contribution in [2.24, 2.45) is 0 Å². The molecule has 14 heavy (non-hydrogen) atoms. The fourth-order valence-electron chi connectivity index (χ4n) is 1.58. The van der Waals surface area contributed by atoms with Gasteiger partial charge in [0.05, 0.1) is 17.5 Å². The zero-order chi connectivity index (χ0) is 10.1. The molecule has 0 spiro atoms. The van der Waals surface area contributed by atoms with Crippen LogP contribution in [0.15, 0.2) is 18.2 Å². The van der Waals surface area contributed by atoms with Gasteiger partial charge in [-0.2, -0.15) is 0 Å². The minimum atomic E-state index is -0.159. The van der Waals surface area contributed by atoms with Gasteiger partial charge in [0.25, 0.3) is 0 Å². The largest absolute Gasteiger partial charge is 0.397 e. The summed E-state index contributed by atoms with van der Waals surface area (Å²) in [5, 5.41) is 13.0. The van der Waals surface area contributed by atoms with Crippen LogP contribution < -0.4 is 11.1 Å². The van der Waals surface area contributed by atoms with Gasteiger partial charge in [0, 0.05) is 11.1 Å². The van der Waals surface area contributed by atoms with Crippen molar-refractivity contribution in [2.45, 2.75) is 25.0 Å². The number of anilines is 2. The van der Waals surface area contributed by atoms with Crippen LogP contribution in [-0.2, 0) is 0 Å². The van der Waals surface area contributed by atoms with Crippen molar-refractivity contribution in [2.75, 3.05) is 11.1 Å². The first-order valence-electron chi connectivity index (χ1n) is 4.65. The van der Waals surface area contributed by atoms with Gasteiger partial charge in [0.15, 0.2) is 0 Å². The van der Waals surface area contributed by atoms with E-state index in [4.69, 9.17) is 22.4 Å². The summed E-state index contributed by atoms with van der Waals surface area (Å²) in [6.07, 6.45) is 1.41. The van der Waals surface area contributed by atoms with Crippen LogP contribution in [0.25, 0.3) is 0 Å². The number of halogens is 1. The molecule has 76 valence electrons. The molecule has 1 aliphatic carbocycles. The predicted octanol–water partition coefficient (Wildman–Crippen LogP) is 1.86. The van der Waals surface area contributed by atoms with E-state index < -0.39 is 0 Å². The van der Waals surface area contributed by atoms with Crippen molar-refractivity contribution < 1.29 is 5.11 Å². The highest BCUT2D eigenvalue weighted by molar-refractivity contribution is 6.31. The monoisotopic (exact) mass is 212 g/mol. The van der Waals surface area contributed by atoms with Crippen molar-refractivity contribution in [3.8, 4) is 0 Å². The molecular formula is C10H13ClN2O. The Hall–Kier alpha value is -0.930. The van der Waals surface area contributed by atoms with Gasteiger partial charge >= 0.3 is 0 Å². The van der Waals surface area contributed by atoms with E-state index in [1.807, 2.05) is 6.07 Å². The second-order valence-electron chi connectivity index (χ2n) is 3.70. The van der Waals surface area contributed by atoms with Gasteiger partial charge in [0.2, 0.25) is 0 Å². The van der Waals surface area contributed by atoms with Crippen LogP contribution in [0.1, 0.15) is 12.8 Å². The fourth-order valence-corrected chi connectivity index (χ4v) is 1.75. The summed E-state index contributed by atoms with van der Waals surface area (Å²) in [5.74, 6) is 0. The summed E-state index contributed by atoms with van der Waals surface area (Å²) in [4.78, 5) is 0. The molecule has 0 atom stereocenters. The fraction of sp³-hybridized carbons (Fsp3) is 0.400. The average Bonchev–Trinajstić information content (AvgIpc) is 2.09. The standard InChI is InChI=1S/C10H13ClN2O/c11-6-1-2-9(12)10(3-6)13-7-4-8(14)5-7/h1-3,7-8,13-14H,4-5,12H2. The Morgan fingerprint density at radius 2 is 2.14 bits per heavy atom. The Morgan fingerprint density at radius 3 is 2.79 bits per heavy atom. The van der Waals surface area contributed by atoms with E-state index in [-0.39, 0.29) is 6.10 Å². The molecule has 1 aromatic carbocycles. The normalized spacial score (nSPS) is 25.6. The molecule has 0 bridgehead atoms. The number of rotatable bonds is 2. The Morgan fingerprint density at radius 1 is 1.43 bits per heavy atom. The maximum absolute atomic E-state index is 9.12. The zero-order valence-electron chi connectivity index (χ0n) is 7.70. The summed E-state index contributed by atoms with van der Waals surface area (Å²) in [5.41, 5.74) is 7.31. The summed E-state index contributed by atoms with van der Waals surface area (Å²) in [7, 11) is 0. The van der Waals surface area contributed by atoms with Crippen LogP contribution in [0.2, 0.25) is 5.02 Å². The summed E-state index contributed by atoms with van der Waals surface area (Å²) in [6, 6.07) is 5.67. The molecule has 0 unspecified atom stereocenters. The number of nitrogens with two attached hydrogens (primary N) is 1. The van der Waals surface area contributed by atoms with E-state index in [9.17, 15) is 0 Å². The number of benzene rings is 1. The van der Waals surface area contributed by atoms with Gasteiger partial charge < -0.3 is 16.2 Å². The molecule has 4 N–H and O–H groups in total. The molecule has 0 heterocycles. The molecule has 1 saturated carbocycles. The number of aliphatic hydroxyl groups is 1. The van der Waals surface area contributed by atoms with Gasteiger partial charge in [-0.15, -0.1) is 0 Å². The second kappa shape index (κ2) is 3.67. The third-order valence-corrected chi connectivity index (χ3v) is 2.72. The van der Waals surface area contributed by atoms with E-state index in [1.165, 1.54) is 0 Å². The van der Waals surface area contributed by atoms with E-state index >= 15 is 0 Å². The average molecular weight is 213 g/mol. The van der Waals surface area contributed by atoms with Gasteiger partial charge in [-0.1, -0.05) is 11.6 Å².